The molecular formula is C17H20N2O5. The van der Waals surface area contributed by atoms with E-state index in [2.05, 4.69) is 0 Å². The number of aliphatic carboxylic acids is 1. The molecule has 3 rings (SSSR count). The average molecular weight is 332 g/mol. The maximum Gasteiger partial charge on any atom is 0.305 e. The Morgan fingerprint density at radius 1 is 1.33 bits per heavy atom. The van der Waals surface area contributed by atoms with Crippen LogP contribution in [0.2, 0.25) is 0 Å². The van der Waals surface area contributed by atoms with Crippen LogP contribution in [0.1, 0.15) is 26.2 Å². The normalized spacial score (nSPS) is 23.0. The molecule has 2 atom stereocenters. The molecule has 2 unspecified atom stereocenters. The van der Waals surface area contributed by atoms with Crippen molar-refractivity contribution >= 4 is 23.5 Å². The van der Waals surface area contributed by atoms with Crippen molar-refractivity contribution in [3.8, 4) is 5.75 Å². The number of carbonyl (C=O) groups is 3. The second kappa shape index (κ2) is 6.51. The summed E-state index contributed by atoms with van der Waals surface area (Å²) < 4.78 is 5.56. The van der Waals surface area contributed by atoms with Crippen molar-refractivity contribution in [2.75, 3.05) is 18.0 Å². The smallest absolute Gasteiger partial charge is 0.305 e. The quantitative estimate of drug-likeness (QED) is 0.897. The number of hydrogen-bond acceptors (Lipinski definition) is 4. The molecule has 0 spiro atoms. The van der Waals surface area contributed by atoms with E-state index in [4.69, 9.17) is 9.84 Å². The molecular weight excluding hydrogens is 312 g/mol. The highest BCUT2D eigenvalue weighted by molar-refractivity contribution is 6.03. The fourth-order valence-corrected chi connectivity index (χ4v) is 3.33. The van der Waals surface area contributed by atoms with Crippen molar-refractivity contribution in [1.29, 1.82) is 0 Å². The minimum atomic E-state index is -0.916. The molecule has 7 nitrogen and oxygen atoms in total. The van der Waals surface area contributed by atoms with Gasteiger partial charge in [-0.25, -0.2) is 0 Å². The third-order valence-corrected chi connectivity index (χ3v) is 4.47. The number of anilines is 1. The Bertz CT molecular complexity index is 675. The molecule has 1 saturated heterocycles. The first kappa shape index (κ1) is 16.3. The molecule has 1 aromatic rings. The number of carboxylic acids is 1. The van der Waals surface area contributed by atoms with Gasteiger partial charge in [0.25, 0.3) is 5.91 Å². The molecule has 1 aromatic carbocycles. The van der Waals surface area contributed by atoms with Gasteiger partial charge < -0.3 is 14.7 Å². The molecule has 1 fully saturated rings. The van der Waals surface area contributed by atoms with E-state index in [-0.39, 0.29) is 30.8 Å². The zero-order valence-electron chi connectivity index (χ0n) is 13.5. The molecule has 7 heteroatoms. The highest BCUT2D eigenvalue weighted by atomic mass is 16.5. The zero-order chi connectivity index (χ0) is 17.3. The fraction of sp³-hybridized carbons (Fsp3) is 0.471. The van der Waals surface area contributed by atoms with Crippen molar-refractivity contribution in [3.63, 3.8) is 0 Å². The second-order valence-corrected chi connectivity index (χ2v) is 6.13. The lowest BCUT2D eigenvalue weighted by molar-refractivity contribution is -0.140. The van der Waals surface area contributed by atoms with Gasteiger partial charge in [0.2, 0.25) is 5.91 Å². The van der Waals surface area contributed by atoms with Gasteiger partial charge in [-0.3, -0.25) is 19.3 Å². The van der Waals surface area contributed by atoms with Crippen LogP contribution in [0.4, 0.5) is 5.69 Å². The van der Waals surface area contributed by atoms with Crippen LogP contribution in [0.25, 0.3) is 0 Å². The summed E-state index contributed by atoms with van der Waals surface area (Å²) in [6, 6.07) is 6.81. The summed E-state index contributed by atoms with van der Waals surface area (Å²) in [4.78, 5) is 39.1. The van der Waals surface area contributed by atoms with Gasteiger partial charge in [-0.05, 0) is 31.9 Å². The maximum atomic E-state index is 12.7. The van der Waals surface area contributed by atoms with Crippen LogP contribution in [0.15, 0.2) is 24.3 Å². The molecule has 2 heterocycles. The molecule has 2 aliphatic heterocycles. The number of nitrogens with zero attached hydrogens (tertiary/aromatic N) is 2. The lowest BCUT2D eigenvalue weighted by Gasteiger charge is -2.34. The third-order valence-electron chi connectivity index (χ3n) is 4.47. The van der Waals surface area contributed by atoms with Gasteiger partial charge in [-0.15, -0.1) is 0 Å². The summed E-state index contributed by atoms with van der Waals surface area (Å²) in [6.45, 7) is 2.09. The molecule has 128 valence electrons. The summed E-state index contributed by atoms with van der Waals surface area (Å²) in [5, 5.41) is 8.98. The number of para-hydroxylation sites is 2. The van der Waals surface area contributed by atoms with Crippen molar-refractivity contribution < 1.29 is 24.2 Å². The Kier molecular flexibility index (Phi) is 4.42. The standard InChI is InChI=1S/C17H20N2O5/c1-11-17(23)19(13-6-2-3-7-14(13)24-11)10-15(20)18-8-4-5-12(18)9-16(21)22/h2-3,6-7,11-12H,4-5,8-10H2,1H3,(H,21,22). The number of amides is 2. The lowest BCUT2D eigenvalue weighted by atomic mass is 10.1. The summed E-state index contributed by atoms with van der Waals surface area (Å²) in [7, 11) is 0. The molecule has 0 saturated carbocycles. The Balaban J connectivity index is 1.78. The topological polar surface area (TPSA) is 87.2 Å². The SMILES string of the molecule is CC1Oc2ccccc2N(CC(=O)N2CCCC2CC(=O)O)C1=O. The van der Waals surface area contributed by atoms with Crippen LogP contribution in [-0.2, 0) is 14.4 Å². The van der Waals surface area contributed by atoms with Crippen molar-refractivity contribution in [2.24, 2.45) is 0 Å². The monoisotopic (exact) mass is 332 g/mol. The Morgan fingerprint density at radius 2 is 2.08 bits per heavy atom. The van der Waals surface area contributed by atoms with Crippen molar-refractivity contribution in [1.82, 2.24) is 4.90 Å². The van der Waals surface area contributed by atoms with E-state index in [0.717, 1.165) is 6.42 Å². The lowest BCUT2D eigenvalue weighted by Crippen LogP contribution is -2.50. The number of fused-ring (bicyclic) bond motifs is 1. The van der Waals surface area contributed by atoms with E-state index < -0.39 is 12.1 Å². The molecule has 1 N–H and O–H groups in total. The van der Waals surface area contributed by atoms with E-state index in [1.807, 2.05) is 6.07 Å². The van der Waals surface area contributed by atoms with Gasteiger partial charge in [0.1, 0.15) is 12.3 Å². The van der Waals surface area contributed by atoms with E-state index >= 15 is 0 Å². The van der Waals surface area contributed by atoms with E-state index in [0.29, 0.717) is 24.4 Å². The van der Waals surface area contributed by atoms with E-state index in [1.165, 1.54) is 4.90 Å². The van der Waals surface area contributed by atoms with Gasteiger partial charge in [0.05, 0.1) is 12.1 Å². The molecule has 0 radical (unpaired) electrons. The van der Waals surface area contributed by atoms with Gasteiger partial charge in [-0.2, -0.15) is 0 Å². The van der Waals surface area contributed by atoms with Crippen LogP contribution < -0.4 is 9.64 Å². The van der Waals surface area contributed by atoms with Crippen LogP contribution >= 0.6 is 0 Å². The molecule has 0 bridgehead atoms. The summed E-state index contributed by atoms with van der Waals surface area (Å²) in [5.74, 6) is -0.839. The number of benzene rings is 1. The number of hydrogen-bond donors (Lipinski definition) is 1. The van der Waals surface area contributed by atoms with E-state index in [1.54, 1.807) is 30.0 Å². The van der Waals surface area contributed by atoms with E-state index in [9.17, 15) is 14.4 Å². The number of ether oxygens (including phenoxy) is 1. The third kappa shape index (κ3) is 3.06. The zero-order valence-corrected chi connectivity index (χ0v) is 13.5. The first-order valence-electron chi connectivity index (χ1n) is 8.05. The molecule has 2 aliphatic rings. The van der Waals surface area contributed by atoms with Crippen LogP contribution in [0, 0.1) is 0 Å². The van der Waals surface area contributed by atoms with Gasteiger partial charge >= 0.3 is 5.97 Å². The first-order valence-corrected chi connectivity index (χ1v) is 8.05. The van der Waals surface area contributed by atoms with Gasteiger partial charge in [0, 0.05) is 12.6 Å². The van der Waals surface area contributed by atoms with Crippen LogP contribution in [0.5, 0.6) is 5.75 Å². The maximum absolute atomic E-state index is 12.7. The first-order chi connectivity index (χ1) is 11.5. The molecule has 0 aliphatic carbocycles. The van der Waals surface area contributed by atoms with Crippen LogP contribution in [0.3, 0.4) is 0 Å². The molecule has 0 aromatic heterocycles. The number of likely N-dealkylation sites (tertiary alicyclic amines) is 1. The second-order valence-electron chi connectivity index (χ2n) is 6.13. The predicted molar refractivity (Wildman–Crippen MR) is 85.9 cm³/mol. The Morgan fingerprint density at radius 3 is 2.83 bits per heavy atom. The highest BCUT2D eigenvalue weighted by Gasteiger charge is 2.36. The number of carbonyl (C=O) groups excluding carboxylic acids is 2. The Hall–Kier alpha value is -2.57. The molecule has 24 heavy (non-hydrogen) atoms. The summed E-state index contributed by atoms with van der Waals surface area (Å²) in [5.41, 5.74) is 0.572. The Labute approximate surface area is 139 Å². The fourth-order valence-electron chi connectivity index (χ4n) is 3.33. The summed E-state index contributed by atoms with van der Waals surface area (Å²) in [6.07, 6.45) is 0.757. The number of carboxylic acid groups (broad SMARTS) is 1. The van der Waals surface area contributed by atoms with Crippen molar-refractivity contribution in [3.05, 3.63) is 24.3 Å². The average Bonchev–Trinajstić information content (AvgIpc) is 2.99. The number of rotatable bonds is 4. The minimum Gasteiger partial charge on any atom is -0.481 e. The summed E-state index contributed by atoms with van der Waals surface area (Å²) >= 11 is 0. The van der Waals surface area contributed by atoms with Crippen molar-refractivity contribution in [2.45, 2.75) is 38.3 Å². The molecule has 2 amide bonds. The highest BCUT2D eigenvalue weighted by Crippen LogP contribution is 2.33. The van der Waals surface area contributed by atoms with Gasteiger partial charge in [-0.1, -0.05) is 12.1 Å². The van der Waals surface area contributed by atoms with Crippen LogP contribution in [-0.4, -0.2) is 53.0 Å². The largest absolute Gasteiger partial charge is 0.481 e. The minimum absolute atomic E-state index is 0.0597. The predicted octanol–water partition coefficient (Wildman–Crippen LogP) is 1.27. The van der Waals surface area contributed by atoms with Gasteiger partial charge in [0.15, 0.2) is 6.10 Å².